The van der Waals surface area contributed by atoms with Crippen LogP contribution < -0.4 is 16.6 Å². The smallest absolute Gasteiger partial charge is 0.383 e. The van der Waals surface area contributed by atoms with Crippen LogP contribution in [0, 0.1) is 0 Å². The highest BCUT2D eigenvalue weighted by Gasteiger charge is 2.30. The van der Waals surface area contributed by atoms with Gasteiger partial charge in [0.2, 0.25) is 0 Å². The van der Waals surface area contributed by atoms with Gasteiger partial charge in [0.1, 0.15) is 5.82 Å². The van der Waals surface area contributed by atoms with Crippen LogP contribution in [0.1, 0.15) is 26.3 Å². The first-order valence-corrected chi connectivity index (χ1v) is 6.27. The van der Waals surface area contributed by atoms with Crippen LogP contribution in [0.25, 0.3) is 0 Å². The van der Waals surface area contributed by atoms with Crippen molar-refractivity contribution in [3.8, 4) is 0 Å². The molecule has 1 heterocycles. The van der Waals surface area contributed by atoms with E-state index in [0.717, 1.165) is 12.1 Å². The number of nitrogens with two attached hydrogens (primary N) is 1. The summed E-state index contributed by atoms with van der Waals surface area (Å²) in [6.07, 6.45) is -3.18. The lowest BCUT2D eigenvalue weighted by molar-refractivity contribution is -0.137. The number of nitrogens with one attached hydrogen (secondary N) is 2. The molecule has 0 aliphatic carbocycles. The van der Waals surface area contributed by atoms with Gasteiger partial charge in [-0.25, -0.2) is 4.98 Å². The summed E-state index contributed by atoms with van der Waals surface area (Å²) < 4.78 is 37.8. The standard InChI is InChI=1S/C14H11F3N4O2/c15-14(16,17)9-4-1-3-8(7-9)12(22)20-21-13(23)10-5-2-6-19-11(10)18/h1-7H,(H2,18,19)(H,20,22)(H,21,23). The molecule has 6 nitrogen and oxygen atoms in total. The monoisotopic (exact) mass is 324 g/mol. The molecule has 0 unspecified atom stereocenters. The summed E-state index contributed by atoms with van der Waals surface area (Å²) in [6, 6.07) is 6.66. The van der Waals surface area contributed by atoms with Crippen molar-refractivity contribution in [2.24, 2.45) is 0 Å². The van der Waals surface area contributed by atoms with E-state index in [1.54, 1.807) is 0 Å². The zero-order chi connectivity index (χ0) is 17.0. The number of anilines is 1. The topological polar surface area (TPSA) is 97.1 Å². The first kappa shape index (κ1) is 16.3. The largest absolute Gasteiger partial charge is 0.416 e. The van der Waals surface area contributed by atoms with Crippen molar-refractivity contribution < 1.29 is 22.8 Å². The molecule has 23 heavy (non-hydrogen) atoms. The molecule has 0 spiro atoms. The van der Waals surface area contributed by atoms with Crippen LogP contribution in [-0.4, -0.2) is 16.8 Å². The third-order valence-electron chi connectivity index (χ3n) is 2.82. The fourth-order valence-electron chi connectivity index (χ4n) is 1.70. The Hall–Kier alpha value is -3.10. The molecule has 0 saturated heterocycles. The van der Waals surface area contributed by atoms with Gasteiger partial charge in [-0.1, -0.05) is 6.07 Å². The molecule has 2 amide bonds. The van der Waals surface area contributed by atoms with E-state index in [4.69, 9.17) is 5.73 Å². The number of pyridine rings is 1. The van der Waals surface area contributed by atoms with E-state index < -0.39 is 23.6 Å². The number of benzene rings is 1. The van der Waals surface area contributed by atoms with E-state index in [2.05, 4.69) is 10.4 Å². The molecule has 1 aromatic heterocycles. The summed E-state index contributed by atoms with van der Waals surface area (Å²) in [7, 11) is 0. The van der Waals surface area contributed by atoms with Gasteiger partial charge in [-0.2, -0.15) is 13.2 Å². The van der Waals surface area contributed by atoms with Gasteiger partial charge in [-0.3, -0.25) is 20.4 Å². The van der Waals surface area contributed by atoms with E-state index in [1.165, 1.54) is 24.4 Å². The number of hydrazine groups is 1. The average molecular weight is 324 g/mol. The first-order chi connectivity index (χ1) is 10.8. The second-order valence-electron chi connectivity index (χ2n) is 4.42. The van der Waals surface area contributed by atoms with E-state index in [0.29, 0.717) is 6.07 Å². The molecule has 0 aliphatic rings. The Kier molecular flexibility index (Phi) is 4.49. The molecule has 1 aromatic carbocycles. The molecule has 4 N–H and O–H groups in total. The van der Waals surface area contributed by atoms with E-state index >= 15 is 0 Å². The minimum Gasteiger partial charge on any atom is -0.383 e. The van der Waals surface area contributed by atoms with E-state index in [-0.39, 0.29) is 16.9 Å². The Balaban J connectivity index is 2.06. The van der Waals surface area contributed by atoms with Gasteiger partial charge in [0, 0.05) is 11.8 Å². The van der Waals surface area contributed by atoms with E-state index in [1.807, 2.05) is 5.43 Å². The molecular formula is C14H11F3N4O2. The second-order valence-corrected chi connectivity index (χ2v) is 4.42. The van der Waals surface area contributed by atoms with Crippen LogP contribution in [-0.2, 0) is 6.18 Å². The number of nitrogens with zero attached hydrogens (tertiary/aromatic N) is 1. The maximum absolute atomic E-state index is 12.6. The number of carbonyl (C=O) groups is 2. The van der Waals surface area contributed by atoms with Crippen molar-refractivity contribution >= 4 is 17.6 Å². The number of hydrogen-bond acceptors (Lipinski definition) is 4. The lowest BCUT2D eigenvalue weighted by Gasteiger charge is -2.10. The highest BCUT2D eigenvalue weighted by Crippen LogP contribution is 2.29. The summed E-state index contributed by atoms with van der Waals surface area (Å²) in [5.41, 5.74) is 8.38. The zero-order valence-corrected chi connectivity index (χ0v) is 11.5. The van der Waals surface area contributed by atoms with Crippen LogP contribution in [0.5, 0.6) is 0 Å². The number of alkyl halides is 3. The van der Waals surface area contributed by atoms with Gasteiger partial charge < -0.3 is 5.73 Å². The lowest BCUT2D eigenvalue weighted by atomic mass is 10.1. The number of amides is 2. The van der Waals surface area contributed by atoms with Crippen LogP contribution in [0.3, 0.4) is 0 Å². The quantitative estimate of drug-likeness (QED) is 0.733. The average Bonchev–Trinajstić information content (AvgIpc) is 2.52. The molecule has 2 rings (SSSR count). The SMILES string of the molecule is Nc1ncccc1C(=O)NNC(=O)c1cccc(C(F)(F)F)c1. The van der Waals surface area contributed by atoms with Crippen molar-refractivity contribution in [1.29, 1.82) is 0 Å². The lowest BCUT2D eigenvalue weighted by Crippen LogP contribution is -2.42. The fraction of sp³-hybridized carbons (Fsp3) is 0.0714. The number of hydrogen-bond donors (Lipinski definition) is 3. The maximum atomic E-state index is 12.6. The van der Waals surface area contributed by atoms with Crippen LogP contribution in [0.15, 0.2) is 42.6 Å². The molecule has 0 aliphatic heterocycles. The van der Waals surface area contributed by atoms with Crippen molar-refractivity contribution in [3.63, 3.8) is 0 Å². The minimum atomic E-state index is -4.57. The van der Waals surface area contributed by atoms with Crippen LogP contribution in [0.2, 0.25) is 0 Å². The molecule has 2 aromatic rings. The van der Waals surface area contributed by atoms with E-state index in [9.17, 15) is 22.8 Å². The highest BCUT2D eigenvalue weighted by molar-refractivity contribution is 6.01. The second kappa shape index (κ2) is 6.34. The number of nitrogen functional groups attached to an aromatic ring is 1. The normalized spacial score (nSPS) is 10.9. The third-order valence-corrected chi connectivity index (χ3v) is 2.82. The Morgan fingerprint density at radius 2 is 1.74 bits per heavy atom. The molecule has 9 heteroatoms. The molecular weight excluding hydrogens is 313 g/mol. The fourth-order valence-corrected chi connectivity index (χ4v) is 1.70. The molecule has 0 atom stereocenters. The van der Waals surface area contributed by atoms with Crippen LogP contribution >= 0.6 is 0 Å². The maximum Gasteiger partial charge on any atom is 0.416 e. The predicted octanol–water partition coefficient (Wildman–Crippen LogP) is 1.76. The van der Waals surface area contributed by atoms with Gasteiger partial charge in [-0.15, -0.1) is 0 Å². The van der Waals surface area contributed by atoms with Crippen molar-refractivity contribution in [2.45, 2.75) is 6.18 Å². The summed E-state index contributed by atoms with van der Waals surface area (Å²) in [5.74, 6) is -1.68. The molecule has 0 fully saturated rings. The van der Waals surface area contributed by atoms with Gasteiger partial charge in [-0.05, 0) is 30.3 Å². The predicted molar refractivity (Wildman–Crippen MR) is 75.0 cm³/mol. The Labute approximate surface area is 128 Å². The highest BCUT2D eigenvalue weighted by atomic mass is 19.4. The number of rotatable bonds is 2. The van der Waals surface area contributed by atoms with Gasteiger partial charge in [0.25, 0.3) is 11.8 Å². The number of halogens is 3. The summed E-state index contributed by atoms with van der Waals surface area (Å²) in [6.45, 7) is 0. The zero-order valence-electron chi connectivity index (χ0n) is 11.5. The minimum absolute atomic E-state index is 0.0249. The Bertz CT molecular complexity index is 747. The first-order valence-electron chi connectivity index (χ1n) is 6.27. The van der Waals surface area contributed by atoms with Gasteiger partial charge in [0.15, 0.2) is 0 Å². The van der Waals surface area contributed by atoms with Crippen molar-refractivity contribution in [1.82, 2.24) is 15.8 Å². The summed E-state index contributed by atoms with van der Waals surface area (Å²) >= 11 is 0. The molecule has 120 valence electrons. The van der Waals surface area contributed by atoms with Crippen LogP contribution in [0.4, 0.5) is 19.0 Å². The third kappa shape index (κ3) is 3.96. The van der Waals surface area contributed by atoms with Crippen molar-refractivity contribution in [2.75, 3.05) is 5.73 Å². The molecule has 0 saturated carbocycles. The molecule has 0 radical (unpaired) electrons. The number of aromatic nitrogens is 1. The number of carbonyl (C=O) groups excluding carboxylic acids is 2. The summed E-state index contributed by atoms with van der Waals surface area (Å²) in [4.78, 5) is 27.3. The van der Waals surface area contributed by atoms with Gasteiger partial charge in [0.05, 0.1) is 11.1 Å². The molecule has 0 bridgehead atoms. The Morgan fingerprint density at radius 3 is 2.39 bits per heavy atom. The van der Waals surface area contributed by atoms with Gasteiger partial charge >= 0.3 is 6.18 Å². The summed E-state index contributed by atoms with van der Waals surface area (Å²) in [5, 5.41) is 0. The van der Waals surface area contributed by atoms with Crippen molar-refractivity contribution in [3.05, 3.63) is 59.3 Å². The Morgan fingerprint density at radius 1 is 1.04 bits per heavy atom.